The highest BCUT2D eigenvalue weighted by Crippen LogP contribution is 2.36. The number of amides is 1. The molecular weight excluding hydrogens is 470 g/mol. The van der Waals surface area contributed by atoms with Crippen molar-refractivity contribution >= 4 is 21.6 Å². The molecular formula is C24H29N5O5S. The van der Waals surface area contributed by atoms with E-state index in [-0.39, 0.29) is 22.2 Å². The number of methoxy groups -OCH3 is 1. The molecule has 3 aromatic rings. The van der Waals surface area contributed by atoms with Crippen LogP contribution in [0.4, 0.5) is 0 Å². The van der Waals surface area contributed by atoms with Crippen LogP contribution in [-0.2, 0) is 14.8 Å². The average Bonchev–Trinajstić information content (AvgIpc) is 3.53. The van der Waals surface area contributed by atoms with Gasteiger partial charge < -0.3 is 14.4 Å². The molecule has 1 aromatic carbocycles. The zero-order valence-electron chi connectivity index (χ0n) is 20.2. The van der Waals surface area contributed by atoms with Gasteiger partial charge in [-0.05, 0) is 50.5 Å². The number of carbonyl (C=O) groups excluding carboxylic acids is 1. The molecule has 35 heavy (non-hydrogen) atoms. The predicted octanol–water partition coefficient (Wildman–Crippen LogP) is 2.28. The Morgan fingerprint density at radius 3 is 2.46 bits per heavy atom. The molecule has 11 heteroatoms. The first-order valence-electron chi connectivity index (χ1n) is 11.7. The van der Waals surface area contributed by atoms with Crippen molar-refractivity contribution in [3.8, 4) is 16.9 Å². The van der Waals surface area contributed by atoms with Gasteiger partial charge in [0.25, 0.3) is 5.91 Å². The largest absolute Gasteiger partial charge is 0.495 e. The van der Waals surface area contributed by atoms with Crippen LogP contribution in [0.15, 0.2) is 29.2 Å². The number of fused-ring (bicyclic) bond motifs is 1. The van der Waals surface area contributed by atoms with Crippen LogP contribution in [0.2, 0.25) is 0 Å². The van der Waals surface area contributed by atoms with Crippen molar-refractivity contribution in [3.05, 3.63) is 41.3 Å². The summed E-state index contributed by atoms with van der Waals surface area (Å²) in [5, 5.41) is 4.65. The fourth-order valence-electron chi connectivity index (χ4n) is 4.75. The third-order valence-corrected chi connectivity index (χ3v) is 8.45. The molecule has 0 aliphatic carbocycles. The number of ether oxygens (including phenoxy) is 2. The van der Waals surface area contributed by atoms with Gasteiger partial charge in [0.1, 0.15) is 10.6 Å². The maximum absolute atomic E-state index is 13.6. The highest BCUT2D eigenvalue weighted by Gasteiger charge is 2.32. The standard InChI is InChI=1S/C24H29N5O5S/c1-16-14-17(2)29-23(25-16)21(22(26-29)24(30)27-10-12-34-13-11-27)18-6-7-19(33-3)20(15-18)35(31,32)28-8-4-5-9-28/h6-7,14-15H,4-5,8-13H2,1-3H3. The minimum atomic E-state index is -3.77. The molecule has 2 fully saturated rings. The minimum absolute atomic E-state index is 0.0768. The Balaban J connectivity index is 1.72. The van der Waals surface area contributed by atoms with Crippen LogP contribution in [0.3, 0.4) is 0 Å². The quantitative estimate of drug-likeness (QED) is 0.530. The zero-order valence-corrected chi connectivity index (χ0v) is 21.0. The van der Waals surface area contributed by atoms with Crippen LogP contribution in [0.1, 0.15) is 34.7 Å². The maximum atomic E-state index is 13.6. The van der Waals surface area contributed by atoms with E-state index in [1.165, 1.54) is 11.4 Å². The van der Waals surface area contributed by atoms with Crippen molar-refractivity contribution in [3.63, 3.8) is 0 Å². The molecule has 5 rings (SSSR count). The Labute approximate surface area is 204 Å². The number of benzene rings is 1. The van der Waals surface area contributed by atoms with Crippen LogP contribution in [-0.4, -0.2) is 84.6 Å². The van der Waals surface area contributed by atoms with E-state index in [9.17, 15) is 13.2 Å². The van der Waals surface area contributed by atoms with Crippen molar-refractivity contribution < 1.29 is 22.7 Å². The number of hydrogen-bond donors (Lipinski definition) is 0. The van der Waals surface area contributed by atoms with Crippen molar-refractivity contribution in [2.45, 2.75) is 31.6 Å². The van der Waals surface area contributed by atoms with E-state index in [0.29, 0.717) is 56.2 Å². The van der Waals surface area contributed by atoms with Gasteiger partial charge in [-0.15, -0.1) is 0 Å². The molecule has 2 aromatic heterocycles. The number of carbonyl (C=O) groups is 1. The second-order valence-electron chi connectivity index (χ2n) is 8.88. The third kappa shape index (κ3) is 4.17. The number of nitrogens with zero attached hydrogens (tertiary/aromatic N) is 5. The summed E-state index contributed by atoms with van der Waals surface area (Å²) in [7, 11) is -2.32. The third-order valence-electron chi connectivity index (χ3n) is 6.53. The second-order valence-corrected chi connectivity index (χ2v) is 10.8. The number of morpholine rings is 1. The smallest absolute Gasteiger partial charge is 0.275 e. The molecule has 0 spiro atoms. The monoisotopic (exact) mass is 499 g/mol. The molecule has 0 saturated carbocycles. The van der Waals surface area contributed by atoms with Gasteiger partial charge in [-0.1, -0.05) is 6.07 Å². The van der Waals surface area contributed by atoms with Crippen molar-refractivity contribution in [1.82, 2.24) is 23.8 Å². The lowest BCUT2D eigenvalue weighted by Crippen LogP contribution is -2.41. The molecule has 2 saturated heterocycles. The average molecular weight is 500 g/mol. The first-order valence-corrected chi connectivity index (χ1v) is 13.2. The molecule has 0 bridgehead atoms. The molecule has 0 unspecified atom stereocenters. The summed E-state index contributed by atoms with van der Waals surface area (Å²) >= 11 is 0. The molecule has 4 heterocycles. The molecule has 1 amide bonds. The summed E-state index contributed by atoms with van der Waals surface area (Å²) in [6.45, 7) is 6.60. The van der Waals surface area contributed by atoms with Gasteiger partial charge in [0.15, 0.2) is 11.3 Å². The van der Waals surface area contributed by atoms with E-state index in [1.54, 1.807) is 27.6 Å². The van der Waals surface area contributed by atoms with Crippen LogP contribution < -0.4 is 4.74 Å². The van der Waals surface area contributed by atoms with Crippen LogP contribution in [0.5, 0.6) is 5.75 Å². The number of aromatic nitrogens is 3. The van der Waals surface area contributed by atoms with Gasteiger partial charge in [0.05, 0.1) is 25.9 Å². The normalized spacial score (nSPS) is 17.3. The van der Waals surface area contributed by atoms with Crippen LogP contribution in [0, 0.1) is 13.8 Å². The van der Waals surface area contributed by atoms with Crippen molar-refractivity contribution in [1.29, 1.82) is 0 Å². The zero-order chi connectivity index (χ0) is 24.7. The van der Waals surface area contributed by atoms with E-state index >= 15 is 0 Å². The number of sulfonamides is 1. The molecule has 186 valence electrons. The van der Waals surface area contributed by atoms with Gasteiger partial charge in [-0.2, -0.15) is 9.40 Å². The summed E-state index contributed by atoms with van der Waals surface area (Å²) in [6.07, 6.45) is 1.66. The SMILES string of the molecule is COc1ccc(-c2c(C(=O)N3CCOCC3)nn3c(C)cc(C)nc23)cc1S(=O)(=O)N1CCCC1. The van der Waals surface area contributed by atoms with Crippen molar-refractivity contribution in [2.24, 2.45) is 0 Å². The van der Waals surface area contributed by atoms with E-state index in [1.807, 2.05) is 19.9 Å². The van der Waals surface area contributed by atoms with Gasteiger partial charge in [-0.3, -0.25) is 4.79 Å². The lowest BCUT2D eigenvalue weighted by atomic mass is 10.0. The Kier molecular flexibility index (Phi) is 6.24. The fraction of sp³-hybridized carbons (Fsp3) is 0.458. The first kappa shape index (κ1) is 23.7. The summed E-state index contributed by atoms with van der Waals surface area (Å²) in [4.78, 5) is 20.1. The van der Waals surface area contributed by atoms with E-state index < -0.39 is 10.0 Å². The Bertz CT molecular complexity index is 1390. The highest BCUT2D eigenvalue weighted by molar-refractivity contribution is 7.89. The lowest BCUT2D eigenvalue weighted by Gasteiger charge is -2.26. The highest BCUT2D eigenvalue weighted by atomic mass is 32.2. The predicted molar refractivity (Wildman–Crippen MR) is 129 cm³/mol. The Morgan fingerprint density at radius 2 is 1.77 bits per heavy atom. The molecule has 0 N–H and O–H groups in total. The van der Waals surface area contributed by atoms with Crippen molar-refractivity contribution in [2.75, 3.05) is 46.5 Å². The van der Waals surface area contributed by atoms with E-state index in [2.05, 4.69) is 10.1 Å². The summed E-state index contributed by atoms with van der Waals surface area (Å²) in [6, 6.07) is 6.87. The topological polar surface area (TPSA) is 106 Å². The van der Waals surface area contributed by atoms with E-state index in [0.717, 1.165) is 24.2 Å². The number of aryl methyl sites for hydroxylation is 2. The van der Waals surface area contributed by atoms with Gasteiger partial charge >= 0.3 is 0 Å². The Hall–Kier alpha value is -3.02. The van der Waals surface area contributed by atoms with Gasteiger partial charge in [0.2, 0.25) is 10.0 Å². The molecule has 0 radical (unpaired) electrons. The number of rotatable bonds is 5. The lowest BCUT2D eigenvalue weighted by molar-refractivity contribution is 0.0299. The summed E-state index contributed by atoms with van der Waals surface area (Å²) < 4.78 is 41.0. The van der Waals surface area contributed by atoms with Crippen LogP contribution >= 0.6 is 0 Å². The fourth-order valence-corrected chi connectivity index (χ4v) is 6.45. The number of hydrogen-bond acceptors (Lipinski definition) is 7. The molecule has 2 aliphatic rings. The van der Waals surface area contributed by atoms with Gasteiger partial charge in [0, 0.05) is 37.6 Å². The first-order chi connectivity index (χ1) is 16.8. The molecule has 2 aliphatic heterocycles. The van der Waals surface area contributed by atoms with E-state index in [4.69, 9.17) is 9.47 Å². The summed E-state index contributed by atoms with van der Waals surface area (Å²) in [5.41, 5.74) is 3.41. The minimum Gasteiger partial charge on any atom is -0.495 e. The second kappa shape index (κ2) is 9.21. The molecule has 10 nitrogen and oxygen atoms in total. The Morgan fingerprint density at radius 1 is 1.06 bits per heavy atom. The van der Waals surface area contributed by atoms with Crippen LogP contribution in [0.25, 0.3) is 16.8 Å². The maximum Gasteiger partial charge on any atom is 0.275 e. The summed E-state index contributed by atoms with van der Waals surface area (Å²) in [5.74, 6) is 0.0316. The molecule has 0 atom stereocenters. The van der Waals surface area contributed by atoms with Gasteiger partial charge in [-0.25, -0.2) is 17.9 Å².